The molecule has 2 rings (SSSR count). The molecule has 1 N–H and O–H groups in total. The third kappa shape index (κ3) is 3.19. The fourth-order valence-electron chi connectivity index (χ4n) is 2.16. The minimum atomic E-state index is -0.0305. The van der Waals surface area contributed by atoms with E-state index >= 15 is 0 Å². The van der Waals surface area contributed by atoms with Gasteiger partial charge in [-0.15, -0.1) is 5.10 Å². The lowest BCUT2D eigenvalue weighted by atomic mass is 9.89. The molecular formula is C15H20ClN3S. The first-order valence-corrected chi connectivity index (χ1v) is 7.90. The number of aromatic nitrogens is 2. The number of halogens is 1. The lowest BCUT2D eigenvalue weighted by Crippen LogP contribution is -2.25. The zero-order valence-corrected chi connectivity index (χ0v) is 13.8. The Morgan fingerprint density at radius 2 is 2.00 bits per heavy atom. The summed E-state index contributed by atoms with van der Waals surface area (Å²) in [6.07, 6.45) is 0. The normalized spacial score (nSPS) is 13.4. The second-order valence-corrected chi connectivity index (χ2v) is 6.94. The summed E-state index contributed by atoms with van der Waals surface area (Å²) in [6, 6.07) is 7.98. The molecule has 3 nitrogen and oxygen atoms in total. The van der Waals surface area contributed by atoms with E-state index in [4.69, 9.17) is 11.6 Å². The molecule has 1 atom stereocenters. The van der Waals surface area contributed by atoms with Gasteiger partial charge < -0.3 is 5.32 Å². The molecule has 0 aliphatic carbocycles. The van der Waals surface area contributed by atoms with Crippen molar-refractivity contribution in [2.75, 3.05) is 6.54 Å². The Labute approximate surface area is 129 Å². The average Bonchev–Trinajstić information content (AvgIpc) is 2.86. The van der Waals surface area contributed by atoms with E-state index in [1.54, 1.807) is 0 Å². The van der Waals surface area contributed by atoms with Gasteiger partial charge in [0, 0.05) is 10.4 Å². The predicted octanol–water partition coefficient (Wildman–Crippen LogP) is 4.19. The molecule has 0 bridgehead atoms. The maximum absolute atomic E-state index is 6.36. The van der Waals surface area contributed by atoms with Crippen LogP contribution in [0.15, 0.2) is 24.3 Å². The first-order valence-electron chi connectivity index (χ1n) is 6.75. The van der Waals surface area contributed by atoms with E-state index in [-0.39, 0.29) is 11.5 Å². The molecule has 2 aromatic rings. The molecule has 0 spiro atoms. The van der Waals surface area contributed by atoms with Crippen LogP contribution in [0.3, 0.4) is 0 Å². The Morgan fingerprint density at radius 3 is 2.60 bits per heavy atom. The Morgan fingerprint density at radius 1 is 1.30 bits per heavy atom. The molecule has 0 saturated heterocycles. The van der Waals surface area contributed by atoms with Gasteiger partial charge in [-0.05, 0) is 29.7 Å². The molecular weight excluding hydrogens is 290 g/mol. The molecule has 108 valence electrons. The molecule has 0 amide bonds. The summed E-state index contributed by atoms with van der Waals surface area (Å²) in [7, 11) is 0. The van der Waals surface area contributed by atoms with Crippen LogP contribution in [0.2, 0.25) is 5.02 Å². The third-order valence-electron chi connectivity index (χ3n) is 3.11. The van der Waals surface area contributed by atoms with Gasteiger partial charge in [-0.2, -0.15) is 0 Å². The molecule has 0 saturated carbocycles. The lowest BCUT2D eigenvalue weighted by Gasteiger charge is -2.23. The fraction of sp³-hybridized carbons (Fsp3) is 0.467. The second-order valence-electron chi connectivity index (χ2n) is 5.75. The highest BCUT2D eigenvalue weighted by Gasteiger charge is 2.28. The van der Waals surface area contributed by atoms with Crippen LogP contribution < -0.4 is 5.32 Å². The second kappa shape index (κ2) is 6.20. The van der Waals surface area contributed by atoms with Gasteiger partial charge in [0.15, 0.2) is 0 Å². The maximum atomic E-state index is 6.36. The van der Waals surface area contributed by atoms with Crippen LogP contribution >= 0.6 is 23.1 Å². The number of rotatable bonds is 4. The van der Waals surface area contributed by atoms with E-state index in [0.29, 0.717) is 0 Å². The highest BCUT2D eigenvalue weighted by atomic mass is 35.5. The lowest BCUT2D eigenvalue weighted by molar-refractivity contribution is 0.543. The summed E-state index contributed by atoms with van der Waals surface area (Å²) in [6.45, 7) is 9.42. The summed E-state index contributed by atoms with van der Waals surface area (Å²) < 4.78 is 4.16. The van der Waals surface area contributed by atoms with Crippen molar-refractivity contribution < 1.29 is 0 Å². The van der Waals surface area contributed by atoms with Gasteiger partial charge >= 0.3 is 0 Å². The van der Waals surface area contributed by atoms with Crippen LogP contribution in [-0.2, 0) is 5.41 Å². The Hall–Kier alpha value is -0.970. The minimum Gasteiger partial charge on any atom is -0.306 e. The van der Waals surface area contributed by atoms with Gasteiger partial charge in [0.25, 0.3) is 0 Å². The van der Waals surface area contributed by atoms with Gasteiger partial charge in [-0.1, -0.05) is 62.0 Å². The van der Waals surface area contributed by atoms with Crippen molar-refractivity contribution in [2.45, 2.75) is 39.2 Å². The highest BCUT2D eigenvalue weighted by molar-refractivity contribution is 7.05. The summed E-state index contributed by atoms with van der Waals surface area (Å²) >= 11 is 7.81. The van der Waals surface area contributed by atoms with Crippen molar-refractivity contribution in [3.63, 3.8) is 0 Å². The molecule has 5 heteroatoms. The number of benzene rings is 1. The topological polar surface area (TPSA) is 37.8 Å². The molecule has 1 aromatic heterocycles. The van der Waals surface area contributed by atoms with Gasteiger partial charge in [0.1, 0.15) is 0 Å². The summed E-state index contributed by atoms with van der Waals surface area (Å²) in [4.78, 5) is 1.15. The van der Waals surface area contributed by atoms with Crippen molar-refractivity contribution in [2.24, 2.45) is 0 Å². The fourth-order valence-corrected chi connectivity index (χ4v) is 3.37. The van der Waals surface area contributed by atoms with E-state index in [1.807, 2.05) is 18.2 Å². The molecule has 1 aromatic carbocycles. The van der Waals surface area contributed by atoms with Gasteiger partial charge in [0.2, 0.25) is 0 Å². The van der Waals surface area contributed by atoms with Crippen LogP contribution in [0.1, 0.15) is 49.9 Å². The number of hydrogen-bond donors (Lipinski definition) is 1. The minimum absolute atomic E-state index is 0.0305. The molecule has 1 heterocycles. The Bertz CT molecular complexity index is 574. The molecule has 1 unspecified atom stereocenters. The quantitative estimate of drug-likeness (QED) is 0.920. The van der Waals surface area contributed by atoms with Crippen molar-refractivity contribution in [1.29, 1.82) is 0 Å². The van der Waals surface area contributed by atoms with Crippen molar-refractivity contribution in [3.05, 3.63) is 45.4 Å². The van der Waals surface area contributed by atoms with E-state index in [2.05, 4.69) is 48.7 Å². The van der Waals surface area contributed by atoms with Gasteiger partial charge in [-0.25, -0.2) is 0 Å². The Kier molecular flexibility index (Phi) is 4.78. The molecule has 0 radical (unpaired) electrons. The Balaban J connectivity index is 2.50. The average molecular weight is 310 g/mol. The molecule has 0 aliphatic heterocycles. The zero-order valence-electron chi connectivity index (χ0n) is 12.3. The first kappa shape index (κ1) is 15.4. The summed E-state index contributed by atoms with van der Waals surface area (Å²) in [5, 5.41) is 8.60. The number of nitrogens with one attached hydrogen (secondary N) is 1. The molecule has 20 heavy (non-hydrogen) atoms. The van der Waals surface area contributed by atoms with E-state index in [0.717, 1.165) is 27.7 Å². The van der Waals surface area contributed by atoms with Crippen LogP contribution in [0.5, 0.6) is 0 Å². The van der Waals surface area contributed by atoms with Crippen LogP contribution in [0, 0.1) is 0 Å². The van der Waals surface area contributed by atoms with Crippen molar-refractivity contribution in [3.8, 4) is 0 Å². The van der Waals surface area contributed by atoms with Crippen LogP contribution in [0.4, 0.5) is 0 Å². The highest BCUT2D eigenvalue weighted by Crippen LogP contribution is 2.35. The monoisotopic (exact) mass is 309 g/mol. The van der Waals surface area contributed by atoms with Gasteiger partial charge in [-0.3, -0.25) is 0 Å². The zero-order chi connectivity index (χ0) is 14.8. The maximum Gasteiger partial charge on any atom is 0.0860 e. The molecule has 0 fully saturated rings. The van der Waals surface area contributed by atoms with Crippen molar-refractivity contribution >= 4 is 23.1 Å². The standard InChI is InChI=1S/C15H20ClN3S/c1-5-17-12(10-8-6-7-9-11(10)16)13-14(15(2,3)4)18-19-20-13/h6-9,12,17H,5H2,1-4H3. The first-order chi connectivity index (χ1) is 9.45. The largest absolute Gasteiger partial charge is 0.306 e. The molecule has 0 aliphatic rings. The SMILES string of the molecule is CCNC(c1ccccc1Cl)c1snnc1C(C)(C)C. The van der Waals surface area contributed by atoms with Crippen LogP contribution in [0.25, 0.3) is 0 Å². The van der Waals surface area contributed by atoms with E-state index < -0.39 is 0 Å². The number of hydrogen-bond acceptors (Lipinski definition) is 4. The van der Waals surface area contributed by atoms with E-state index in [1.165, 1.54) is 11.5 Å². The smallest absolute Gasteiger partial charge is 0.0860 e. The third-order valence-corrected chi connectivity index (χ3v) is 4.24. The van der Waals surface area contributed by atoms with E-state index in [9.17, 15) is 0 Å². The number of nitrogens with zero attached hydrogens (tertiary/aromatic N) is 2. The predicted molar refractivity (Wildman–Crippen MR) is 85.6 cm³/mol. The van der Waals surface area contributed by atoms with Crippen molar-refractivity contribution in [1.82, 2.24) is 14.9 Å². The summed E-state index contributed by atoms with van der Waals surface area (Å²) in [5.41, 5.74) is 2.08. The van der Waals surface area contributed by atoms with Crippen LogP contribution in [-0.4, -0.2) is 16.1 Å². The van der Waals surface area contributed by atoms with Gasteiger partial charge in [0.05, 0.1) is 16.6 Å². The summed E-state index contributed by atoms with van der Waals surface area (Å²) in [5.74, 6) is 0.